The van der Waals surface area contributed by atoms with Gasteiger partial charge in [-0.25, -0.2) is 4.79 Å². The monoisotopic (exact) mass is 415 g/mol. The van der Waals surface area contributed by atoms with E-state index in [4.69, 9.17) is 9.47 Å². The van der Waals surface area contributed by atoms with Crippen LogP contribution in [-0.2, 0) is 25.7 Å². The van der Waals surface area contributed by atoms with Gasteiger partial charge < -0.3 is 9.47 Å². The SMILES string of the molecule is C=C(C(=O)OC)N1C(=O)[C@H](OCc2ccccc2)[C@@H]1c1ccccc1Br. The maximum Gasteiger partial charge on any atom is 0.354 e. The first kappa shape index (κ1) is 18.4. The van der Waals surface area contributed by atoms with Crippen LogP contribution in [0.3, 0.4) is 0 Å². The molecule has 0 radical (unpaired) electrons. The van der Waals surface area contributed by atoms with Crippen molar-refractivity contribution in [2.75, 3.05) is 7.11 Å². The molecule has 1 saturated heterocycles. The zero-order chi connectivity index (χ0) is 18.7. The molecule has 0 aromatic heterocycles. The number of esters is 1. The highest BCUT2D eigenvalue weighted by atomic mass is 79.9. The minimum atomic E-state index is -0.699. The standard InChI is InChI=1S/C20H18BrNO4/c1-13(20(24)25-2)22-17(15-10-6-7-11-16(15)21)18(19(22)23)26-12-14-8-4-3-5-9-14/h3-11,17-18H,1,12H2,2H3/t17-,18+/m0/s1. The van der Waals surface area contributed by atoms with Crippen LogP contribution in [0, 0.1) is 0 Å². The van der Waals surface area contributed by atoms with E-state index in [1.807, 2.05) is 54.6 Å². The third-order valence-electron chi connectivity index (χ3n) is 4.25. The van der Waals surface area contributed by atoms with Gasteiger partial charge in [0, 0.05) is 4.47 Å². The van der Waals surface area contributed by atoms with Gasteiger partial charge in [-0.3, -0.25) is 9.69 Å². The summed E-state index contributed by atoms with van der Waals surface area (Å²) < 4.78 is 11.4. The Morgan fingerprint density at radius 2 is 1.81 bits per heavy atom. The van der Waals surface area contributed by atoms with Crippen molar-refractivity contribution in [3.05, 3.63) is 82.5 Å². The fourth-order valence-corrected chi connectivity index (χ4v) is 3.44. The predicted octanol–water partition coefficient (Wildman–Crippen LogP) is 3.60. The first-order chi connectivity index (χ1) is 12.5. The van der Waals surface area contributed by atoms with Crippen molar-refractivity contribution in [3.8, 4) is 0 Å². The molecule has 2 aromatic carbocycles. The molecule has 134 valence electrons. The summed E-state index contributed by atoms with van der Waals surface area (Å²) in [6.07, 6.45) is -0.699. The second-order valence-corrected chi connectivity index (χ2v) is 6.68. The lowest BCUT2D eigenvalue weighted by molar-refractivity contribution is -0.175. The van der Waals surface area contributed by atoms with Gasteiger partial charge in [0.15, 0.2) is 6.10 Å². The van der Waals surface area contributed by atoms with Crippen LogP contribution in [-0.4, -0.2) is 30.0 Å². The lowest BCUT2D eigenvalue weighted by Crippen LogP contribution is -2.60. The van der Waals surface area contributed by atoms with Crippen LogP contribution in [0.15, 0.2) is 71.3 Å². The van der Waals surface area contributed by atoms with Gasteiger partial charge >= 0.3 is 5.97 Å². The van der Waals surface area contributed by atoms with E-state index in [1.165, 1.54) is 12.0 Å². The van der Waals surface area contributed by atoms with Crippen LogP contribution >= 0.6 is 15.9 Å². The summed E-state index contributed by atoms with van der Waals surface area (Å²) in [4.78, 5) is 25.9. The molecule has 1 heterocycles. The number of likely N-dealkylation sites (tertiary alicyclic amines) is 1. The van der Waals surface area contributed by atoms with E-state index < -0.39 is 18.1 Å². The summed E-state index contributed by atoms with van der Waals surface area (Å²) in [6.45, 7) is 4.02. The van der Waals surface area contributed by atoms with Crippen molar-refractivity contribution in [3.63, 3.8) is 0 Å². The van der Waals surface area contributed by atoms with E-state index in [-0.39, 0.29) is 11.6 Å². The number of carbonyl (C=O) groups is 2. The number of hydrogen-bond donors (Lipinski definition) is 0. The van der Waals surface area contributed by atoms with Crippen molar-refractivity contribution in [1.29, 1.82) is 0 Å². The van der Waals surface area contributed by atoms with Crippen LogP contribution in [0.1, 0.15) is 17.2 Å². The molecule has 0 N–H and O–H groups in total. The number of hydrogen-bond acceptors (Lipinski definition) is 4. The van der Waals surface area contributed by atoms with Gasteiger partial charge in [-0.15, -0.1) is 0 Å². The molecule has 2 aromatic rings. The lowest BCUT2D eigenvalue weighted by atomic mass is 9.89. The summed E-state index contributed by atoms with van der Waals surface area (Å²) in [6, 6.07) is 16.7. The van der Waals surface area contributed by atoms with E-state index in [2.05, 4.69) is 22.5 Å². The number of benzene rings is 2. The number of amides is 1. The molecule has 0 aliphatic carbocycles. The van der Waals surface area contributed by atoms with Gasteiger partial charge in [-0.2, -0.15) is 0 Å². The van der Waals surface area contributed by atoms with Crippen LogP contribution in [0.4, 0.5) is 0 Å². The van der Waals surface area contributed by atoms with E-state index >= 15 is 0 Å². The summed E-state index contributed by atoms with van der Waals surface area (Å²) >= 11 is 3.51. The average Bonchev–Trinajstić information content (AvgIpc) is 2.66. The fourth-order valence-electron chi connectivity index (χ4n) is 2.92. The molecule has 1 aliphatic heterocycles. The van der Waals surface area contributed by atoms with Gasteiger partial charge in [0.25, 0.3) is 5.91 Å². The van der Waals surface area contributed by atoms with Gasteiger partial charge in [-0.05, 0) is 17.2 Å². The molecule has 3 rings (SSSR count). The van der Waals surface area contributed by atoms with Gasteiger partial charge in [0.2, 0.25) is 0 Å². The van der Waals surface area contributed by atoms with Crippen molar-refractivity contribution in [1.82, 2.24) is 4.90 Å². The molecule has 1 fully saturated rings. The summed E-state index contributed by atoms with van der Waals surface area (Å²) in [5, 5.41) is 0. The Balaban J connectivity index is 1.86. The van der Waals surface area contributed by atoms with Gasteiger partial charge in [-0.1, -0.05) is 71.0 Å². The summed E-state index contributed by atoms with van der Waals surface area (Å²) in [5.74, 6) is -0.950. The van der Waals surface area contributed by atoms with Crippen LogP contribution < -0.4 is 0 Å². The zero-order valence-corrected chi connectivity index (χ0v) is 15.8. The Morgan fingerprint density at radius 1 is 1.15 bits per heavy atom. The Morgan fingerprint density at radius 3 is 2.46 bits per heavy atom. The van der Waals surface area contributed by atoms with Gasteiger partial charge in [0.05, 0.1) is 19.8 Å². The molecule has 26 heavy (non-hydrogen) atoms. The molecule has 0 spiro atoms. The average molecular weight is 416 g/mol. The Bertz CT molecular complexity index is 837. The van der Waals surface area contributed by atoms with E-state index in [9.17, 15) is 9.59 Å². The molecule has 5 nitrogen and oxygen atoms in total. The Hall–Kier alpha value is -2.44. The summed E-state index contributed by atoms with van der Waals surface area (Å²) in [7, 11) is 1.26. The van der Waals surface area contributed by atoms with E-state index in [0.29, 0.717) is 6.61 Å². The normalized spacial score (nSPS) is 19.0. The fraction of sp³-hybridized carbons (Fsp3) is 0.200. The predicted molar refractivity (Wildman–Crippen MR) is 99.9 cm³/mol. The second-order valence-electron chi connectivity index (χ2n) is 5.83. The van der Waals surface area contributed by atoms with Crippen molar-refractivity contribution >= 4 is 27.8 Å². The minimum Gasteiger partial charge on any atom is -0.464 e. The number of carbonyl (C=O) groups excluding carboxylic acids is 2. The maximum absolute atomic E-state index is 12.7. The molecule has 1 amide bonds. The highest BCUT2D eigenvalue weighted by Crippen LogP contribution is 2.42. The molecule has 0 unspecified atom stereocenters. The molecule has 1 aliphatic rings. The number of rotatable bonds is 6. The highest BCUT2D eigenvalue weighted by Gasteiger charge is 2.52. The minimum absolute atomic E-state index is 0.00202. The second kappa shape index (κ2) is 7.85. The first-order valence-electron chi connectivity index (χ1n) is 8.05. The van der Waals surface area contributed by atoms with E-state index in [0.717, 1.165) is 15.6 Å². The lowest BCUT2D eigenvalue weighted by Gasteiger charge is -2.47. The molecular weight excluding hydrogens is 398 g/mol. The number of nitrogens with zero attached hydrogens (tertiary/aromatic N) is 1. The molecule has 6 heteroatoms. The topological polar surface area (TPSA) is 55.8 Å². The molecule has 2 atom stereocenters. The van der Waals surface area contributed by atoms with Gasteiger partial charge in [0.1, 0.15) is 5.70 Å². The maximum atomic E-state index is 12.7. The molecular formula is C20H18BrNO4. The number of ether oxygens (including phenoxy) is 2. The van der Waals surface area contributed by atoms with Crippen LogP contribution in [0.2, 0.25) is 0 Å². The third-order valence-corrected chi connectivity index (χ3v) is 4.98. The summed E-state index contributed by atoms with van der Waals surface area (Å²) in [5.41, 5.74) is 1.81. The smallest absolute Gasteiger partial charge is 0.354 e. The van der Waals surface area contributed by atoms with Crippen LogP contribution in [0.25, 0.3) is 0 Å². The van der Waals surface area contributed by atoms with Crippen molar-refractivity contribution in [2.45, 2.75) is 18.8 Å². The zero-order valence-electron chi connectivity index (χ0n) is 14.2. The molecule has 0 saturated carbocycles. The molecule has 0 bridgehead atoms. The Kier molecular flexibility index (Phi) is 5.54. The largest absolute Gasteiger partial charge is 0.464 e. The number of halogens is 1. The van der Waals surface area contributed by atoms with Crippen molar-refractivity contribution < 1.29 is 19.1 Å². The van der Waals surface area contributed by atoms with E-state index in [1.54, 1.807) is 0 Å². The third kappa shape index (κ3) is 3.43. The quantitative estimate of drug-likeness (QED) is 0.410. The highest BCUT2D eigenvalue weighted by molar-refractivity contribution is 9.10. The number of methoxy groups -OCH3 is 1. The van der Waals surface area contributed by atoms with Crippen LogP contribution in [0.5, 0.6) is 0 Å². The Labute approximate surface area is 160 Å². The van der Waals surface area contributed by atoms with Crippen molar-refractivity contribution in [2.24, 2.45) is 0 Å². The first-order valence-corrected chi connectivity index (χ1v) is 8.84. The number of β-lactam (4-membered cyclic amide) rings is 1.